The monoisotopic (exact) mass is 658 g/mol. The standard InChI is InChI=1S/C36H45Si.3ClH.Ti/c1-8-27-17-28(9-2)21-33(20-27)37(36-16-14-15-26(36)7,34-22-29(10-3)18-30(11-4)23-34)35-24-31(12-5)19-32(13-6)25-35;;;;/h14,17-25H,8-13,16H2,1-7H3;3*1H;/q-1;;;;+4/p-3. The molecule has 0 bridgehead atoms. The van der Waals surface area contributed by atoms with Gasteiger partial charge in [-0.05, 0) is 71.9 Å². The maximum absolute atomic E-state index is 3.65. The molecule has 5 heteroatoms. The van der Waals surface area contributed by atoms with Crippen LogP contribution >= 0.6 is 0 Å². The van der Waals surface area contributed by atoms with Gasteiger partial charge in [0, 0.05) is 0 Å². The Morgan fingerprint density at radius 3 is 0.976 bits per heavy atom. The van der Waals surface area contributed by atoms with Crippen LogP contribution in [0.5, 0.6) is 0 Å². The third-order valence-corrected chi connectivity index (χ3v) is 13.4. The second-order valence-electron chi connectivity index (χ2n) is 10.6. The Morgan fingerprint density at radius 2 is 0.780 bits per heavy atom. The zero-order valence-electron chi connectivity index (χ0n) is 25.9. The molecule has 0 saturated heterocycles. The van der Waals surface area contributed by atoms with Crippen molar-refractivity contribution >= 4 is 23.6 Å². The second-order valence-corrected chi connectivity index (χ2v) is 14.5. The predicted molar refractivity (Wildman–Crippen MR) is 165 cm³/mol. The summed E-state index contributed by atoms with van der Waals surface area (Å²) in [5.41, 5.74) is 10.1. The molecule has 218 valence electrons. The molecule has 1 aliphatic carbocycles. The average Bonchev–Trinajstić information content (AvgIpc) is 3.38. The molecule has 0 nitrogen and oxygen atoms in total. The number of allylic oxidation sites excluding steroid dienone is 4. The molecular weight excluding hydrogens is 615 g/mol. The average molecular weight is 660 g/mol. The Kier molecular flexibility index (Phi) is 17.5. The topological polar surface area (TPSA) is 0 Å². The molecule has 3 aromatic carbocycles. The van der Waals surface area contributed by atoms with E-state index < -0.39 is 8.07 Å². The number of rotatable bonds is 10. The van der Waals surface area contributed by atoms with Crippen LogP contribution < -0.4 is 52.8 Å². The molecule has 0 heterocycles. The van der Waals surface area contributed by atoms with Crippen molar-refractivity contribution in [2.75, 3.05) is 0 Å². The summed E-state index contributed by atoms with van der Waals surface area (Å²) in [6.45, 7) is 16.1. The van der Waals surface area contributed by atoms with Crippen LogP contribution in [0.25, 0.3) is 0 Å². The van der Waals surface area contributed by atoms with E-state index in [-0.39, 0.29) is 58.9 Å². The molecular formula is C36H45Cl3SiTi. The number of hydrogen-bond acceptors (Lipinski definition) is 0. The maximum atomic E-state index is 3.65. The minimum absolute atomic E-state index is 0. The summed E-state index contributed by atoms with van der Waals surface area (Å²) < 4.78 is 0. The first-order chi connectivity index (χ1) is 17.9. The molecule has 3 aromatic rings. The van der Waals surface area contributed by atoms with Crippen LogP contribution in [0, 0.1) is 6.08 Å². The molecule has 0 aromatic heterocycles. The Hall–Kier alpha value is -1.06. The summed E-state index contributed by atoms with van der Waals surface area (Å²) >= 11 is 0. The molecule has 41 heavy (non-hydrogen) atoms. The Bertz CT molecular complexity index is 1140. The van der Waals surface area contributed by atoms with Gasteiger partial charge in [-0.3, -0.25) is 6.08 Å². The third kappa shape index (κ3) is 8.11. The van der Waals surface area contributed by atoms with Gasteiger partial charge in [0.05, 0.1) is 8.07 Å². The van der Waals surface area contributed by atoms with E-state index in [0.717, 1.165) is 44.9 Å². The molecule has 0 fully saturated rings. The van der Waals surface area contributed by atoms with E-state index in [1.165, 1.54) is 39.0 Å². The van der Waals surface area contributed by atoms with Crippen LogP contribution in [0.4, 0.5) is 0 Å². The first kappa shape index (κ1) is 39.9. The van der Waals surface area contributed by atoms with Gasteiger partial charge < -0.3 is 37.2 Å². The molecule has 0 unspecified atom stereocenters. The fraction of sp³-hybridized carbons (Fsp3) is 0.389. The van der Waals surface area contributed by atoms with Crippen molar-refractivity contribution in [3.63, 3.8) is 0 Å². The van der Waals surface area contributed by atoms with Crippen LogP contribution in [0.1, 0.15) is 88.3 Å². The van der Waals surface area contributed by atoms with Crippen LogP contribution in [-0.4, -0.2) is 8.07 Å². The zero-order chi connectivity index (χ0) is 26.6. The summed E-state index contributed by atoms with van der Waals surface area (Å²) in [4.78, 5) is 0. The van der Waals surface area contributed by atoms with E-state index in [2.05, 4.69) is 115 Å². The van der Waals surface area contributed by atoms with Gasteiger partial charge in [-0.2, -0.15) is 6.08 Å². The molecule has 0 N–H and O–H groups in total. The van der Waals surface area contributed by atoms with Crippen molar-refractivity contribution in [2.45, 2.75) is 93.4 Å². The maximum Gasteiger partial charge on any atom is 4.00 e. The SMILES string of the molecule is CCc1cc(CC)cc([Si](C2=C(C)[C-]=CC2)(c2cc(CC)cc(CC)c2)c2cc(CC)cc(CC)c2)c1.[Cl-].[Cl-].[Cl-].[Ti+4]. The Labute approximate surface area is 285 Å². The van der Waals surface area contributed by atoms with E-state index in [0.29, 0.717) is 0 Å². The molecule has 1 aliphatic rings. The summed E-state index contributed by atoms with van der Waals surface area (Å²) in [7, 11) is -2.55. The normalized spacial score (nSPS) is 12.3. The number of halogens is 3. The molecule has 0 atom stereocenters. The smallest absolute Gasteiger partial charge is 1.00 e. The van der Waals surface area contributed by atoms with E-state index in [9.17, 15) is 0 Å². The summed E-state index contributed by atoms with van der Waals surface area (Å²) in [6, 6.07) is 22.7. The fourth-order valence-electron chi connectivity index (χ4n) is 6.17. The molecule has 0 spiro atoms. The minimum Gasteiger partial charge on any atom is -1.00 e. The van der Waals surface area contributed by atoms with Crippen molar-refractivity contribution in [3.8, 4) is 0 Å². The molecule has 4 rings (SSSR count). The Balaban J connectivity index is 0.00000400. The van der Waals surface area contributed by atoms with Gasteiger partial charge in [-0.25, -0.2) is 10.8 Å². The van der Waals surface area contributed by atoms with Gasteiger partial charge in [0.25, 0.3) is 0 Å². The predicted octanol–water partition coefficient (Wildman–Crippen LogP) is -1.84. The van der Waals surface area contributed by atoms with Crippen molar-refractivity contribution in [1.29, 1.82) is 0 Å². The fourth-order valence-corrected chi connectivity index (χ4v) is 11.7. The van der Waals surface area contributed by atoms with Crippen molar-refractivity contribution in [3.05, 3.63) is 111 Å². The summed E-state index contributed by atoms with van der Waals surface area (Å²) in [5.74, 6) is 0. The number of aryl methyl sites for hydroxylation is 6. The van der Waals surface area contributed by atoms with Gasteiger partial charge in [-0.1, -0.05) is 125 Å². The van der Waals surface area contributed by atoms with E-state index in [1.54, 1.807) is 20.8 Å². The molecule has 0 saturated carbocycles. The molecule has 0 aliphatic heterocycles. The third-order valence-electron chi connectivity index (χ3n) is 8.44. The van der Waals surface area contributed by atoms with Crippen LogP contribution in [0.2, 0.25) is 0 Å². The van der Waals surface area contributed by atoms with Crippen molar-refractivity contribution in [1.82, 2.24) is 0 Å². The van der Waals surface area contributed by atoms with Crippen LogP contribution in [-0.2, 0) is 60.2 Å². The number of hydrogen-bond donors (Lipinski definition) is 0. The van der Waals surface area contributed by atoms with E-state index in [1.807, 2.05) is 0 Å². The van der Waals surface area contributed by atoms with Crippen molar-refractivity contribution < 1.29 is 58.9 Å². The quantitative estimate of drug-likeness (QED) is 0.137. The largest absolute Gasteiger partial charge is 4.00 e. The van der Waals surface area contributed by atoms with Gasteiger partial charge in [0.15, 0.2) is 0 Å². The second kappa shape index (κ2) is 17.9. The summed E-state index contributed by atoms with van der Waals surface area (Å²) in [5, 5.41) is 6.29. The molecule has 0 radical (unpaired) electrons. The molecule has 0 amide bonds. The van der Waals surface area contributed by atoms with Gasteiger partial charge in [0.1, 0.15) is 0 Å². The van der Waals surface area contributed by atoms with Crippen LogP contribution in [0.15, 0.2) is 71.4 Å². The van der Waals surface area contributed by atoms with Gasteiger partial charge >= 0.3 is 21.7 Å². The first-order valence-corrected chi connectivity index (χ1v) is 16.6. The number of benzene rings is 3. The zero-order valence-corrected chi connectivity index (χ0v) is 30.7. The van der Waals surface area contributed by atoms with Crippen LogP contribution in [0.3, 0.4) is 0 Å². The summed E-state index contributed by atoms with van der Waals surface area (Å²) in [6.07, 6.45) is 13.3. The first-order valence-electron chi connectivity index (χ1n) is 14.6. The van der Waals surface area contributed by atoms with E-state index >= 15 is 0 Å². The van der Waals surface area contributed by atoms with Crippen molar-refractivity contribution in [2.24, 2.45) is 0 Å². The van der Waals surface area contributed by atoms with Gasteiger partial charge in [0.2, 0.25) is 0 Å². The van der Waals surface area contributed by atoms with E-state index in [4.69, 9.17) is 0 Å². The Morgan fingerprint density at radius 1 is 0.512 bits per heavy atom. The van der Waals surface area contributed by atoms with Gasteiger partial charge in [-0.15, -0.1) is 0 Å². The minimum atomic E-state index is -2.55.